The van der Waals surface area contributed by atoms with E-state index in [4.69, 9.17) is 10.5 Å². The van der Waals surface area contributed by atoms with Crippen LogP contribution in [0, 0.1) is 6.92 Å². The molecule has 0 saturated carbocycles. The van der Waals surface area contributed by atoms with Crippen molar-refractivity contribution in [3.05, 3.63) is 23.8 Å². The molecule has 0 spiro atoms. The van der Waals surface area contributed by atoms with E-state index >= 15 is 0 Å². The van der Waals surface area contributed by atoms with E-state index in [1.807, 2.05) is 38.1 Å². The molecule has 0 bridgehead atoms. The van der Waals surface area contributed by atoms with Gasteiger partial charge in [0.2, 0.25) is 11.8 Å². The summed E-state index contributed by atoms with van der Waals surface area (Å²) in [6.07, 6.45) is 0. The van der Waals surface area contributed by atoms with Crippen LogP contribution >= 0.6 is 0 Å². The summed E-state index contributed by atoms with van der Waals surface area (Å²) in [5.74, 6) is -0.0926. The summed E-state index contributed by atoms with van der Waals surface area (Å²) >= 11 is 0. The maximum Gasteiger partial charge on any atom is 0.243 e. The zero-order valence-corrected chi connectivity index (χ0v) is 13.3. The normalized spacial score (nSPS) is 10.4. The Morgan fingerprint density at radius 2 is 2.00 bits per heavy atom. The molecule has 0 aromatic heterocycles. The molecule has 0 aliphatic carbocycles. The molecule has 0 heterocycles. The van der Waals surface area contributed by atoms with E-state index in [1.165, 1.54) is 0 Å². The number of carbonyl (C=O) groups excluding carboxylic acids is 2. The second kappa shape index (κ2) is 9.01. The third-order valence-corrected chi connectivity index (χ3v) is 2.84. The van der Waals surface area contributed by atoms with Crippen molar-refractivity contribution in [1.82, 2.24) is 10.2 Å². The van der Waals surface area contributed by atoms with Crippen LogP contribution in [0.3, 0.4) is 0 Å². The number of likely N-dealkylation sites (N-methyl/N-ethyl adjacent to an activating group) is 1. The van der Waals surface area contributed by atoms with E-state index in [9.17, 15) is 9.59 Å². The highest BCUT2D eigenvalue weighted by atomic mass is 16.5. The average molecular weight is 308 g/mol. The minimum Gasteiger partial charge on any atom is -0.490 e. The van der Waals surface area contributed by atoms with E-state index in [1.54, 1.807) is 6.07 Å². The Hall–Kier alpha value is -2.12. The molecule has 0 aliphatic heterocycles. The van der Waals surface area contributed by atoms with Crippen molar-refractivity contribution in [3.63, 3.8) is 0 Å². The van der Waals surface area contributed by atoms with Gasteiger partial charge in [-0.15, -0.1) is 0 Å². The first-order chi connectivity index (χ1) is 10.4. The Balaban J connectivity index is 2.64. The lowest BCUT2D eigenvalue weighted by atomic mass is 10.2. The summed E-state index contributed by atoms with van der Waals surface area (Å²) in [4.78, 5) is 24.9. The molecular formula is C15H24N4O3. The number of anilines is 1. The SMILES string of the molecule is Cc1ccc(NC(=O)CNC(=O)CN)c(OCCN(C)C)c1. The van der Waals surface area contributed by atoms with Crippen LogP contribution in [0.2, 0.25) is 0 Å². The van der Waals surface area contributed by atoms with Crippen LogP contribution in [0.5, 0.6) is 5.75 Å². The molecule has 22 heavy (non-hydrogen) atoms. The van der Waals surface area contributed by atoms with Crippen molar-refractivity contribution in [2.45, 2.75) is 6.92 Å². The third kappa shape index (κ3) is 6.55. The number of aryl methyl sites for hydroxylation is 1. The second-order valence-electron chi connectivity index (χ2n) is 5.18. The van der Waals surface area contributed by atoms with Crippen LogP contribution < -0.4 is 21.1 Å². The Bertz CT molecular complexity index is 518. The number of amides is 2. The molecule has 0 aliphatic rings. The van der Waals surface area contributed by atoms with Crippen molar-refractivity contribution >= 4 is 17.5 Å². The molecule has 1 aromatic rings. The minimum atomic E-state index is -0.374. The Morgan fingerprint density at radius 1 is 1.27 bits per heavy atom. The molecule has 7 heteroatoms. The molecule has 1 aromatic carbocycles. The van der Waals surface area contributed by atoms with Crippen LogP contribution in [0.1, 0.15) is 5.56 Å². The molecule has 0 unspecified atom stereocenters. The highest BCUT2D eigenvalue weighted by Gasteiger charge is 2.09. The van der Waals surface area contributed by atoms with Gasteiger partial charge in [0.25, 0.3) is 0 Å². The van der Waals surface area contributed by atoms with Crippen LogP contribution in [0.15, 0.2) is 18.2 Å². The van der Waals surface area contributed by atoms with Crippen LogP contribution in [-0.4, -0.2) is 57.1 Å². The maximum atomic E-state index is 11.8. The van der Waals surface area contributed by atoms with Gasteiger partial charge < -0.3 is 26.0 Å². The number of ether oxygens (including phenoxy) is 1. The lowest BCUT2D eigenvalue weighted by molar-refractivity contribution is -0.123. The first-order valence-electron chi connectivity index (χ1n) is 7.07. The fourth-order valence-electron chi connectivity index (χ4n) is 1.64. The standard InChI is InChI=1S/C15H24N4O3/c1-11-4-5-12(13(8-11)22-7-6-19(2)3)18-15(21)10-17-14(20)9-16/h4-5,8H,6-7,9-10,16H2,1-3H3,(H,17,20)(H,18,21). The van der Waals surface area contributed by atoms with E-state index in [0.29, 0.717) is 18.0 Å². The van der Waals surface area contributed by atoms with Crippen LogP contribution in [0.4, 0.5) is 5.69 Å². The minimum absolute atomic E-state index is 0.124. The van der Waals surface area contributed by atoms with Crippen LogP contribution in [0.25, 0.3) is 0 Å². The zero-order valence-electron chi connectivity index (χ0n) is 13.3. The van der Waals surface area contributed by atoms with Gasteiger partial charge in [0.1, 0.15) is 12.4 Å². The summed E-state index contributed by atoms with van der Waals surface area (Å²) in [6, 6.07) is 5.53. The molecule has 2 amide bonds. The molecular weight excluding hydrogens is 284 g/mol. The molecule has 4 N–H and O–H groups in total. The van der Waals surface area contributed by atoms with Gasteiger partial charge >= 0.3 is 0 Å². The number of nitrogens with two attached hydrogens (primary N) is 1. The predicted molar refractivity (Wildman–Crippen MR) is 85.9 cm³/mol. The zero-order chi connectivity index (χ0) is 16.5. The molecule has 7 nitrogen and oxygen atoms in total. The van der Waals surface area contributed by atoms with E-state index in [2.05, 4.69) is 10.6 Å². The number of hydrogen-bond donors (Lipinski definition) is 3. The highest BCUT2D eigenvalue weighted by Crippen LogP contribution is 2.25. The third-order valence-electron chi connectivity index (χ3n) is 2.84. The summed E-state index contributed by atoms with van der Waals surface area (Å²) in [5, 5.41) is 5.14. The first kappa shape index (κ1) is 17.9. The Morgan fingerprint density at radius 3 is 2.64 bits per heavy atom. The summed E-state index contributed by atoms with van der Waals surface area (Å²) < 4.78 is 5.71. The van der Waals surface area contributed by atoms with Gasteiger partial charge in [0, 0.05) is 6.54 Å². The maximum absolute atomic E-state index is 11.8. The van der Waals surface area contributed by atoms with Crippen molar-refractivity contribution in [3.8, 4) is 5.75 Å². The number of carbonyl (C=O) groups is 2. The van der Waals surface area contributed by atoms with E-state index < -0.39 is 0 Å². The fourth-order valence-corrected chi connectivity index (χ4v) is 1.64. The van der Waals surface area contributed by atoms with E-state index in [0.717, 1.165) is 12.1 Å². The van der Waals surface area contributed by atoms with Crippen molar-refractivity contribution in [2.24, 2.45) is 5.73 Å². The molecule has 0 atom stereocenters. The Kier molecular flexibility index (Phi) is 7.34. The van der Waals surface area contributed by atoms with Gasteiger partial charge in [-0.25, -0.2) is 0 Å². The largest absolute Gasteiger partial charge is 0.490 e. The first-order valence-corrected chi connectivity index (χ1v) is 7.07. The van der Waals surface area contributed by atoms with Gasteiger partial charge in [-0.2, -0.15) is 0 Å². The van der Waals surface area contributed by atoms with Gasteiger partial charge in [-0.3, -0.25) is 9.59 Å². The van der Waals surface area contributed by atoms with Crippen molar-refractivity contribution in [1.29, 1.82) is 0 Å². The highest BCUT2D eigenvalue weighted by molar-refractivity contribution is 5.95. The van der Waals surface area contributed by atoms with Gasteiger partial charge in [-0.05, 0) is 38.7 Å². The topological polar surface area (TPSA) is 96.7 Å². The van der Waals surface area contributed by atoms with Gasteiger partial charge in [-0.1, -0.05) is 6.07 Å². The van der Waals surface area contributed by atoms with Gasteiger partial charge in [0.15, 0.2) is 0 Å². The predicted octanol–water partition coefficient (Wildman–Crippen LogP) is -0.0512. The fraction of sp³-hybridized carbons (Fsp3) is 0.467. The second-order valence-corrected chi connectivity index (χ2v) is 5.18. The van der Waals surface area contributed by atoms with Gasteiger partial charge in [0.05, 0.1) is 18.8 Å². The Labute approximate surface area is 130 Å². The number of nitrogens with zero attached hydrogens (tertiary/aromatic N) is 1. The quantitative estimate of drug-likeness (QED) is 0.625. The monoisotopic (exact) mass is 308 g/mol. The number of nitrogens with one attached hydrogen (secondary N) is 2. The summed E-state index contributed by atoms with van der Waals surface area (Å²) in [7, 11) is 3.92. The molecule has 1 rings (SSSR count). The average Bonchev–Trinajstić information content (AvgIpc) is 2.47. The summed E-state index contributed by atoms with van der Waals surface area (Å²) in [5.41, 5.74) is 6.78. The number of benzene rings is 1. The molecule has 0 fully saturated rings. The molecule has 0 radical (unpaired) electrons. The van der Waals surface area contributed by atoms with Crippen LogP contribution in [-0.2, 0) is 9.59 Å². The van der Waals surface area contributed by atoms with Crippen molar-refractivity contribution < 1.29 is 14.3 Å². The summed E-state index contributed by atoms with van der Waals surface area (Å²) in [6.45, 7) is 2.97. The smallest absolute Gasteiger partial charge is 0.243 e. The van der Waals surface area contributed by atoms with Crippen molar-refractivity contribution in [2.75, 3.05) is 45.7 Å². The molecule has 0 saturated heterocycles. The lowest BCUT2D eigenvalue weighted by Gasteiger charge is -2.15. The number of rotatable bonds is 8. The number of hydrogen-bond acceptors (Lipinski definition) is 5. The molecule has 122 valence electrons. The lowest BCUT2D eigenvalue weighted by Crippen LogP contribution is -2.36. The van der Waals surface area contributed by atoms with E-state index in [-0.39, 0.29) is 24.9 Å².